The van der Waals surface area contributed by atoms with Crippen LogP contribution in [0.1, 0.15) is 37.3 Å². The van der Waals surface area contributed by atoms with Crippen molar-refractivity contribution in [1.29, 1.82) is 0 Å². The fraction of sp³-hybridized carbons (Fsp3) is 0.200. The Hall–Kier alpha value is -2.88. The molecule has 0 radical (unpaired) electrons. The van der Waals surface area contributed by atoms with E-state index in [1.807, 2.05) is 30.3 Å². The minimum atomic E-state index is -0.243. The molecule has 0 amide bonds. The fourth-order valence-electron chi connectivity index (χ4n) is 2.69. The third kappa shape index (κ3) is 4.10. The molecule has 1 unspecified atom stereocenters. The van der Waals surface area contributed by atoms with Crippen molar-refractivity contribution < 1.29 is 19.4 Å². The molecular weight excluding hydrogens is 304 g/mol. The van der Waals surface area contributed by atoms with Gasteiger partial charge in [0.1, 0.15) is 17.3 Å². The van der Waals surface area contributed by atoms with Crippen LogP contribution in [0.25, 0.3) is 5.76 Å². The molecule has 2 aromatic carbocycles. The van der Waals surface area contributed by atoms with Crippen molar-refractivity contribution in [3.05, 3.63) is 71.3 Å². The van der Waals surface area contributed by atoms with Gasteiger partial charge in [-0.25, -0.2) is 0 Å². The molecule has 2 aromatic rings. The second kappa shape index (κ2) is 8.11. The molecule has 0 aliphatic heterocycles. The van der Waals surface area contributed by atoms with Crippen LogP contribution in [0.3, 0.4) is 0 Å². The van der Waals surface area contributed by atoms with E-state index >= 15 is 0 Å². The lowest BCUT2D eigenvalue weighted by atomic mass is 9.86. The summed E-state index contributed by atoms with van der Waals surface area (Å²) in [5.74, 6) is 0.0861. The summed E-state index contributed by atoms with van der Waals surface area (Å²) in [7, 11) is 0. The SMILES string of the molecule is CC(=O)CC(/C(C)=C(\O)c1ccccc1OC=O)c1ccccc1. The number of Topliss-reactive ketones (excluding diaryl/α,β-unsaturated/α-hetero) is 1. The molecule has 1 atom stereocenters. The van der Waals surface area contributed by atoms with Gasteiger partial charge in [0.05, 0.1) is 5.56 Å². The van der Waals surface area contributed by atoms with Crippen LogP contribution in [-0.4, -0.2) is 17.4 Å². The van der Waals surface area contributed by atoms with E-state index in [0.29, 0.717) is 17.6 Å². The van der Waals surface area contributed by atoms with Crippen LogP contribution >= 0.6 is 0 Å². The van der Waals surface area contributed by atoms with Crippen LogP contribution in [0.2, 0.25) is 0 Å². The van der Waals surface area contributed by atoms with Crippen molar-refractivity contribution in [2.45, 2.75) is 26.2 Å². The molecule has 0 heterocycles. The molecule has 1 N–H and O–H groups in total. The van der Waals surface area contributed by atoms with Crippen LogP contribution in [0, 0.1) is 0 Å². The highest BCUT2D eigenvalue weighted by molar-refractivity contribution is 5.78. The van der Waals surface area contributed by atoms with Gasteiger partial charge in [0.2, 0.25) is 0 Å². The summed E-state index contributed by atoms with van der Waals surface area (Å²) in [4.78, 5) is 22.3. The standard InChI is InChI=1S/C20H20O4/c1-14(22)12-18(16-8-4-3-5-9-16)15(2)20(23)17-10-6-7-11-19(17)24-13-21/h3-11,13,18,23H,12H2,1-2H3/b20-15-. The summed E-state index contributed by atoms with van der Waals surface area (Å²) in [6.45, 7) is 3.64. The highest BCUT2D eigenvalue weighted by atomic mass is 16.5. The summed E-state index contributed by atoms with van der Waals surface area (Å²) in [5.41, 5.74) is 2.02. The number of hydrogen-bond donors (Lipinski definition) is 1. The minimum absolute atomic E-state index is 0.0163. The summed E-state index contributed by atoms with van der Waals surface area (Å²) in [5, 5.41) is 10.7. The third-order valence-electron chi connectivity index (χ3n) is 3.91. The smallest absolute Gasteiger partial charge is 0.298 e. The monoisotopic (exact) mass is 324 g/mol. The molecule has 0 aliphatic rings. The summed E-state index contributed by atoms with van der Waals surface area (Å²) in [6, 6.07) is 16.3. The molecule has 4 heteroatoms. The number of rotatable bonds is 7. The molecule has 0 bridgehead atoms. The zero-order chi connectivity index (χ0) is 17.5. The first-order valence-electron chi connectivity index (χ1n) is 7.68. The average molecular weight is 324 g/mol. The van der Waals surface area contributed by atoms with E-state index in [9.17, 15) is 14.7 Å². The van der Waals surface area contributed by atoms with Gasteiger partial charge in [-0.15, -0.1) is 0 Å². The molecule has 0 saturated heterocycles. The topological polar surface area (TPSA) is 63.6 Å². The van der Waals surface area contributed by atoms with Gasteiger partial charge in [0.25, 0.3) is 6.47 Å². The molecule has 0 saturated carbocycles. The van der Waals surface area contributed by atoms with Crippen LogP contribution in [-0.2, 0) is 9.59 Å². The first-order chi connectivity index (χ1) is 11.5. The van der Waals surface area contributed by atoms with E-state index < -0.39 is 0 Å². The van der Waals surface area contributed by atoms with Crippen LogP contribution in [0.4, 0.5) is 0 Å². The number of benzene rings is 2. The number of ketones is 1. The Bertz CT molecular complexity index is 747. The number of aliphatic hydroxyl groups is 1. The number of aliphatic hydroxyl groups excluding tert-OH is 1. The van der Waals surface area contributed by atoms with Gasteiger partial charge in [-0.05, 0) is 37.1 Å². The lowest BCUT2D eigenvalue weighted by Crippen LogP contribution is -2.08. The second-order valence-electron chi connectivity index (χ2n) is 5.61. The number of carbonyl (C=O) groups excluding carboxylic acids is 2. The van der Waals surface area contributed by atoms with E-state index in [1.165, 1.54) is 6.92 Å². The quantitative estimate of drug-likeness (QED) is 0.610. The molecule has 4 nitrogen and oxygen atoms in total. The van der Waals surface area contributed by atoms with E-state index in [1.54, 1.807) is 31.2 Å². The van der Waals surface area contributed by atoms with Crippen LogP contribution in [0.5, 0.6) is 5.75 Å². The molecule has 0 aromatic heterocycles. The van der Waals surface area contributed by atoms with E-state index in [4.69, 9.17) is 4.74 Å². The van der Waals surface area contributed by atoms with Crippen molar-refractivity contribution in [2.24, 2.45) is 0 Å². The Kier molecular flexibility index (Phi) is 5.90. The van der Waals surface area contributed by atoms with Gasteiger partial charge >= 0.3 is 0 Å². The second-order valence-corrected chi connectivity index (χ2v) is 5.61. The summed E-state index contributed by atoms with van der Waals surface area (Å²) >= 11 is 0. The maximum Gasteiger partial charge on any atom is 0.298 e. The number of carbonyl (C=O) groups is 2. The Morgan fingerprint density at radius 1 is 1.08 bits per heavy atom. The maximum atomic E-state index is 11.7. The lowest BCUT2D eigenvalue weighted by Gasteiger charge is -2.19. The predicted molar refractivity (Wildman–Crippen MR) is 92.8 cm³/mol. The highest BCUT2D eigenvalue weighted by Gasteiger charge is 2.21. The number of ether oxygens (including phenoxy) is 1. The first-order valence-corrected chi connectivity index (χ1v) is 7.68. The van der Waals surface area contributed by atoms with Gasteiger partial charge < -0.3 is 9.84 Å². The molecular formula is C20H20O4. The Labute approximate surface area is 141 Å². The number of hydrogen-bond acceptors (Lipinski definition) is 4. The molecule has 24 heavy (non-hydrogen) atoms. The summed E-state index contributed by atoms with van der Waals surface area (Å²) in [6.07, 6.45) is 0.288. The van der Waals surface area contributed by atoms with Crippen molar-refractivity contribution in [2.75, 3.05) is 0 Å². The highest BCUT2D eigenvalue weighted by Crippen LogP contribution is 2.35. The summed E-state index contributed by atoms with van der Waals surface area (Å²) < 4.78 is 4.93. The van der Waals surface area contributed by atoms with E-state index in [2.05, 4.69) is 0 Å². The molecule has 0 fully saturated rings. The van der Waals surface area contributed by atoms with Gasteiger partial charge in [-0.1, -0.05) is 42.5 Å². The normalized spacial score (nSPS) is 12.9. The number of para-hydroxylation sites is 1. The Balaban J connectivity index is 2.51. The number of allylic oxidation sites excluding steroid dienone is 1. The van der Waals surface area contributed by atoms with Crippen molar-refractivity contribution >= 4 is 18.0 Å². The maximum absolute atomic E-state index is 11.7. The van der Waals surface area contributed by atoms with Gasteiger partial charge in [-0.2, -0.15) is 0 Å². The van der Waals surface area contributed by atoms with E-state index in [-0.39, 0.29) is 29.6 Å². The lowest BCUT2D eigenvalue weighted by molar-refractivity contribution is -0.120. The van der Waals surface area contributed by atoms with Gasteiger partial charge in [0.15, 0.2) is 0 Å². The molecule has 0 spiro atoms. The largest absolute Gasteiger partial charge is 0.507 e. The van der Waals surface area contributed by atoms with Crippen molar-refractivity contribution in [3.8, 4) is 5.75 Å². The fourth-order valence-corrected chi connectivity index (χ4v) is 2.69. The third-order valence-corrected chi connectivity index (χ3v) is 3.91. The van der Waals surface area contributed by atoms with Crippen LogP contribution in [0.15, 0.2) is 60.2 Å². The first kappa shape index (κ1) is 17.5. The molecule has 0 aliphatic carbocycles. The van der Waals surface area contributed by atoms with Gasteiger partial charge in [-0.3, -0.25) is 9.59 Å². The predicted octanol–water partition coefficient (Wildman–Crippen LogP) is 4.27. The molecule has 124 valence electrons. The van der Waals surface area contributed by atoms with E-state index in [0.717, 1.165) is 5.56 Å². The van der Waals surface area contributed by atoms with Crippen molar-refractivity contribution in [1.82, 2.24) is 0 Å². The van der Waals surface area contributed by atoms with Crippen molar-refractivity contribution in [3.63, 3.8) is 0 Å². The zero-order valence-electron chi connectivity index (χ0n) is 13.7. The average Bonchev–Trinajstić information content (AvgIpc) is 2.60. The Morgan fingerprint density at radius 2 is 1.71 bits per heavy atom. The van der Waals surface area contributed by atoms with Crippen LogP contribution < -0.4 is 4.74 Å². The van der Waals surface area contributed by atoms with Gasteiger partial charge in [0, 0.05) is 12.3 Å². The zero-order valence-corrected chi connectivity index (χ0v) is 13.7. The Morgan fingerprint density at radius 3 is 2.33 bits per heavy atom. The molecule has 2 rings (SSSR count). The minimum Gasteiger partial charge on any atom is -0.507 e.